The Kier molecular flexibility index (Phi) is 4.92. The zero-order valence-electron chi connectivity index (χ0n) is 12.8. The summed E-state index contributed by atoms with van der Waals surface area (Å²) in [4.78, 5) is 12.2. The number of amides is 1. The van der Waals surface area contributed by atoms with Gasteiger partial charge in [0.15, 0.2) is 11.5 Å². The highest BCUT2D eigenvalue weighted by atomic mass is 35.5. The lowest BCUT2D eigenvalue weighted by Gasteiger charge is -2.12. The summed E-state index contributed by atoms with van der Waals surface area (Å²) in [6, 6.07) is 3.21. The zero-order valence-corrected chi connectivity index (χ0v) is 13.6. The van der Waals surface area contributed by atoms with E-state index >= 15 is 0 Å². The van der Waals surface area contributed by atoms with Gasteiger partial charge in [-0.1, -0.05) is 16.8 Å². The molecule has 1 aromatic heterocycles. The normalized spacial score (nSPS) is 10.4. The van der Waals surface area contributed by atoms with E-state index in [4.69, 9.17) is 25.6 Å². The number of hydrogen-bond acceptors (Lipinski definition) is 5. The molecule has 6 nitrogen and oxygen atoms in total. The third-order valence-corrected chi connectivity index (χ3v) is 3.58. The number of nitrogens with zero attached hydrogens (tertiary/aromatic N) is 1. The number of methoxy groups -OCH3 is 2. The molecule has 0 bridgehead atoms. The van der Waals surface area contributed by atoms with Crippen molar-refractivity contribution in [3.05, 3.63) is 34.2 Å². The Hall–Kier alpha value is -2.21. The third-order valence-electron chi connectivity index (χ3n) is 3.27. The minimum absolute atomic E-state index is 0.159. The first kappa shape index (κ1) is 16.2. The van der Waals surface area contributed by atoms with Crippen LogP contribution >= 0.6 is 11.6 Å². The van der Waals surface area contributed by atoms with Gasteiger partial charge in [0.1, 0.15) is 5.76 Å². The predicted molar refractivity (Wildman–Crippen MR) is 82.9 cm³/mol. The molecule has 1 amide bonds. The van der Waals surface area contributed by atoms with Crippen molar-refractivity contribution in [2.75, 3.05) is 19.5 Å². The molecule has 0 fully saturated rings. The Morgan fingerprint density at radius 2 is 1.91 bits per heavy atom. The standard InChI is InChI=1S/C15H17ClN2O4/c1-8-10(9(2)22-18-8)5-15(19)17-12-7-14(21-4)13(20-3)6-11(12)16/h6-7H,5H2,1-4H3,(H,17,19). The highest BCUT2D eigenvalue weighted by molar-refractivity contribution is 6.34. The second kappa shape index (κ2) is 6.70. The van der Waals surface area contributed by atoms with Crippen LogP contribution in [-0.2, 0) is 11.2 Å². The zero-order chi connectivity index (χ0) is 16.3. The van der Waals surface area contributed by atoms with Gasteiger partial charge >= 0.3 is 0 Å². The van der Waals surface area contributed by atoms with Crippen molar-refractivity contribution in [2.24, 2.45) is 0 Å². The molecule has 0 aliphatic carbocycles. The van der Waals surface area contributed by atoms with Crippen LogP contribution in [0.1, 0.15) is 17.0 Å². The first-order valence-electron chi connectivity index (χ1n) is 6.59. The van der Waals surface area contributed by atoms with Crippen molar-refractivity contribution in [2.45, 2.75) is 20.3 Å². The molecule has 1 N–H and O–H groups in total. The van der Waals surface area contributed by atoms with Gasteiger partial charge in [0, 0.05) is 17.7 Å². The first-order chi connectivity index (χ1) is 10.5. The maximum Gasteiger partial charge on any atom is 0.229 e. The molecule has 0 saturated carbocycles. The Bertz CT molecular complexity index is 678. The Morgan fingerprint density at radius 1 is 1.27 bits per heavy atom. The second-order valence-electron chi connectivity index (χ2n) is 4.71. The number of anilines is 1. The molecule has 1 aromatic carbocycles. The van der Waals surface area contributed by atoms with Crippen molar-refractivity contribution in [1.29, 1.82) is 0 Å². The van der Waals surface area contributed by atoms with E-state index in [-0.39, 0.29) is 12.3 Å². The SMILES string of the molecule is COc1cc(Cl)c(NC(=O)Cc2c(C)noc2C)cc1OC. The monoisotopic (exact) mass is 324 g/mol. The lowest BCUT2D eigenvalue weighted by molar-refractivity contribution is -0.115. The summed E-state index contributed by atoms with van der Waals surface area (Å²) in [6.45, 7) is 3.56. The quantitative estimate of drug-likeness (QED) is 0.914. The van der Waals surface area contributed by atoms with Crippen LogP contribution in [0.5, 0.6) is 11.5 Å². The van der Waals surface area contributed by atoms with E-state index in [1.807, 2.05) is 0 Å². The second-order valence-corrected chi connectivity index (χ2v) is 5.12. The Morgan fingerprint density at radius 3 is 2.45 bits per heavy atom. The lowest BCUT2D eigenvalue weighted by atomic mass is 10.1. The third kappa shape index (κ3) is 3.33. The van der Waals surface area contributed by atoms with Gasteiger partial charge < -0.3 is 19.3 Å². The number of nitrogens with one attached hydrogen (secondary N) is 1. The average Bonchev–Trinajstić information content (AvgIpc) is 2.80. The van der Waals surface area contributed by atoms with Gasteiger partial charge in [0.25, 0.3) is 0 Å². The van der Waals surface area contributed by atoms with Gasteiger partial charge in [-0.25, -0.2) is 0 Å². The van der Waals surface area contributed by atoms with E-state index in [1.165, 1.54) is 14.2 Å². The van der Waals surface area contributed by atoms with Crippen LogP contribution in [0.2, 0.25) is 5.02 Å². The number of carbonyl (C=O) groups is 1. The first-order valence-corrected chi connectivity index (χ1v) is 6.97. The molecule has 0 atom stereocenters. The summed E-state index contributed by atoms with van der Waals surface area (Å²) in [5.74, 6) is 1.39. The average molecular weight is 325 g/mol. The molecule has 118 valence electrons. The van der Waals surface area contributed by atoms with E-state index in [0.717, 1.165) is 5.56 Å². The molecule has 0 saturated heterocycles. The van der Waals surface area contributed by atoms with Crippen molar-refractivity contribution >= 4 is 23.2 Å². The number of rotatable bonds is 5. The maximum atomic E-state index is 12.2. The van der Waals surface area contributed by atoms with Crippen molar-refractivity contribution < 1.29 is 18.8 Å². The summed E-state index contributed by atoms with van der Waals surface area (Å²) in [5.41, 5.74) is 1.93. The highest BCUT2D eigenvalue weighted by Gasteiger charge is 2.16. The largest absolute Gasteiger partial charge is 0.493 e. The number of aryl methyl sites for hydroxylation is 2. The molecule has 0 radical (unpaired) electrons. The van der Waals surface area contributed by atoms with Crippen LogP contribution in [0.25, 0.3) is 0 Å². The summed E-state index contributed by atoms with van der Waals surface area (Å²) in [6.07, 6.45) is 0.159. The summed E-state index contributed by atoms with van der Waals surface area (Å²) >= 11 is 6.14. The molecule has 0 aliphatic rings. The number of hydrogen-bond donors (Lipinski definition) is 1. The summed E-state index contributed by atoms with van der Waals surface area (Å²) in [7, 11) is 3.03. The van der Waals surface area contributed by atoms with E-state index < -0.39 is 0 Å². The summed E-state index contributed by atoms with van der Waals surface area (Å²) < 4.78 is 15.4. The molecule has 0 unspecified atom stereocenters. The van der Waals surface area contributed by atoms with Crippen molar-refractivity contribution in [1.82, 2.24) is 5.16 Å². The molecule has 0 aliphatic heterocycles. The topological polar surface area (TPSA) is 73.6 Å². The van der Waals surface area contributed by atoms with E-state index in [9.17, 15) is 4.79 Å². The number of aromatic nitrogens is 1. The summed E-state index contributed by atoms with van der Waals surface area (Å²) in [5, 5.41) is 6.94. The van der Waals surface area contributed by atoms with E-state index in [2.05, 4.69) is 10.5 Å². The van der Waals surface area contributed by atoms with Crippen molar-refractivity contribution in [3.63, 3.8) is 0 Å². The van der Waals surface area contributed by atoms with Crippen LogP contribution in [0, 0.1) is 13.8 Å². The molecule has 1 heterocycles. The maximum absolute atomic E-state index is 12.2. The van der Waals surface area contributed by atoms with E-state index in [1.54, 1.807) is 26.0 Å². The highest BCUT2D eigenvalue weighted by Crippen LogP contribution is 2.36. The molecule has 7 heteroatoms. The van der Waals surface area contributed by atoms with E-state index in [0.29, 0.717) is 33.7 Å². The van der Waals surface area contributed by atoms with Gasteiger partial charge in [-0.3, -0.25) is 4.79 Å². The number of benzene rings is 1. The minimum Gasteiger partial charge on any atom is -0.493 e. The van der Waals surface area contributed by atoms with Crippen LogP contribution in [0.4, 0.5) is 5.69 Å². The van der Waals surface area contributed by atoms with Crippen molar-refractivity contribution in [3.8, 4) is 11.5 Å². The fourth-order valence-electron chi connectivity index (χ4n) is 2.06. The lowest BCUT2D eigenvalue weighted by Crippen LogP contribution is -2.15. The molecule has 2 aromatic rings. The Labute approximate surface area is 133 Å². The number of ether oxygens (including phenoxy) is 2. The number of carbonyl (C=O) groups excluding carboxylic acids is 1. The van der Waals surface area contributed by atoms with Gasteiger partial charge in [-0.05, 0) is 13.8 Å². The molecular formula is C15H17ClN2O4. The van der Waals surface area contributed by atoms with Crippen LogP contribution in [-0.4, -0.2) is 25.3 Å². The predicted octanol–water partition coefficient (Wildman–Crippen LogP) is 3.14. The number of halogens is 1. The van der Waals surface area contributed by atoms with Gasteiger partial charge in [-0.15, -0.1) is 0 Å². The minimum atomic E-state index is -0.219. The van der Waals surface area contributed by atoms with Crippen LogP contribution < -0.4 is 14.8 Å². The van der Waals surface area contributed by atoms with Crippen LogP contribution in [0.3, 0.4) is 0 Å². The molecule has 22 heavy (non-hydrogen) atoms. The van der Waals surface area contributed by atoms with Gasteiger partial charge in [-0.2, -0.15) is 0 Å². The molecular weight excluding hydrogens is 308 g/mol. The molecule has 0 spiro atoms. The Balaban J connectivity index is 2.18. The smallest absolute Gasteiger partial charge is 0.229 e. The fourth-order valence-corrected chi connectivity index (χ4v) is 2.26. The fraction of sp³-hybridized carbons (Fsp3) is 0.333. The van der Waals surface area contributed by atoms with Gasteiger partial charge in [0.2, 0.25) is 5.91 Å². The van der Waals surface area contributed by atoms with Gasteiger partial charge in [0.05, 0.1) is 37.0 Å². The molecule has 2 rings (SSSR count). The van der Waals surface area contributed by atoms with Crippen LogP contribution in [0.15, 0.2) is 16.7 Å².